The lowest BCUT2D eigenvalue weighted by atomic mass is 9.94. The highest BCUT2D eigenvalue weighted by atomic mass is 16.5. The molecule has 0 saturated heterocycles. The number of fused-ring (bicyclic) bond motifs is 1. The van der Waals surface area contributed by atoms with Crippen molar-refractivity contribution in [3.8, 4) is 11.5 Å². The first-order chi connectivity index (χ1) is 14.4. The number of carbonyl (C=O) groups is 2. The summed E-state index contributed by atoms with van der Waals surface area (Å²) < 4.78 is 11.4. The third kappa shape index (κ3) is 4.38. The topological polar surface area (TPSA) is 67.9 Å². The summed E-state index contributed by atoms with van der Waals surface area (Å²) in [5, 5.41) is 1.41. The molecule has 3 rings (SSSR count). The van der Waals surface area contributed by atoms with Crippen molar-refractivity contribution >= 4 is 11.8 Å². The fraction of sp³-hybridized carbons (Fsp3) is 0.440. The molecule has 166 valence electrons. The summed E-state index contributed by atoms with van der Waals surface area (Å²) in [6.07, 6.45) is 0.631. The maximum Gasteiger partial charge on any atom is 0.273 e. The van der Waals surface area contributed by atoms with Crippen LogP contribution in [0.1, 0.15) is 72.0 Å². The van der Waals surface area contributed by atoms with Gasteiger partial charge in [0, 0.05) is 28.7 Å². The molecule has 0 aromatic heterocycles. The summed E-state index contributed by atoms with van der Waals surface area (Å²) in [7, 11) is 1.57. The first-order valence-corrected chi connectivity index (χ1v) is 10.5. The highest BCUT2D eigenvalue weighted by Crippen LogP contribution is 2.40. The number of nitrogens with zero attached hydrogens (tertiary/aromatic N) is 1. The highest BCUT2D eigenvalue weighted by molar-refractivity contribution is 6.01. The fourth-order valence-electron chi connectivity index (χ4n) is 3.89. The Morgan fingerprint density at radius 1 is 1.10 bits per heavy atom. The van der Waals surface area contributed by atoms with Crippen LogP contribution in [0.25, 0.3) is 0 Å². The van der Waals surface area contributed by atoms with Crippen LogP contribution >= 0.6 is 0 Å². The van der Waals surface area contributed by atoms with Crippen molar-refractivity contribution in [2.75, 3.05) is 7.11 Å². The van der Waals surface area contributed by atoms with Crippen molar-refractivity contribution in [3.63, 3.8) is 0 Å². The molecule has 6 nitrogen and oxygen atoms in total. The molecule has 0 atom stereocenters. The number of hydrogen-bond donors (Lipinski definition) is 1. The summed E-state index contributed by atoms with van der Waals surface area (Å²) >= 11 is 0. The number of carbonyl (C=O) groups excluding carboxylic acids is 2. The summed E-state index contributed by atoms with van der Waals surface area (Å²) in [5.41, 5.74) is 5.42. The van der Waals surface area contributed by atoms with E-state index < -0.39 is 5.54 Å². The smallest absolute Gasteiger partial charge is 0.273 e. The van der Waals surface area contributed by atoms with Crippen LogP contribution in [0.3, 0.4) is 0 Å². The summed E-state index contributed by atoms with van der Waals surface area (Å²) in [6.45, 7) is 13.5. The summed E-state index contributed by atoms with van der Waals surface area (Å²) in [4.78, 5) is 26.8. The molecule has 0 aliphatic carbocycles. The number of hydrogen-bond acceptors (Lipinski definition) is 4. The first kappa shape index (κ1) is 22.7. The van der Waals surface area contributed by atoms with Crippen LogP contribution in [0.4, 0.5) is 0 Å². The second-order valence-corrected chi connectivity index (χ2v) is 9.66. The summed E-state index contributed by atoms with van der Waals surface area (Å²) in [6, 6.07) is 9.00. The van der Waals surface area contributed by atoms with E-state index in [1.807, 2.05) is 60.6 Å². The van der Waals surface area contributed by atoms with Gasteiger partial charge in [-0.05, 0) is 72.2 Å². The third-order valence-electron chi connectivity index (χ3n) is 5.50. The Hall–Kier alpha value is -3.02. The molecule has 0 fully saturated rings. The normalized spacial score (nSPS) is 14.5. The van der Waals surface area contributed by atoms with Gasteiger partial charge in [0.1, 0.15) is 17.1 Å². The number of benzene rings is 2. The molecular formula is C25H32N2O4. The predicted molar refractivity (Wildman–Crippen MR) is 121 cm³/mol. The fourth-order valence-corrected chi connectivity index (χ4v) is 3.89. The van der Waals surface area contributed by atoms with E-state index in [9.17, 15) is 9.59 Å². The van der Waals surface area contributed by atoms with E-state index in [-0.39, 0.29) is 17.4 Å². The monoisotopic (exact) mass is 424 g/mol. The minimum Gasteiger partial charge on any atom is -0.496 e. The largest absolute Gasteiger partial charge is 0.496 e. The SMILES string of the molecule is COc1cccc(C(=O)NN(C(=O)c2ccc(C)c3c2CC(C)(C)O3)C(C)(C)C)c1C. The average molecular weight is 425 g/mol. The van der Waals surface area contributed by atoms with Crippen LogP contribution in [0.2, 0.25) is 0 Å². The van der Waals surface area contributed by atoms with Gasteiger partial charge >= 0.3 is 0 Å². The van der Waals surface area contributed by atoms with Gasteiger partial charge in [0.05, 0.1) is 12.6 Å². The van der Waals surface area contributed by atoms with Crippen LogP contribution in [0, 0.1) is 13.8 Å². The molecule has 0 saturated carbocycles. The number of aryl methyl sites for hydroxylation is 1. The van der Waals surface area contributed by atoms with Gasteiger partial charge < -0.3 is 9.47 Å². The molecular weight excluding hydrogens is 392 g/mol. The van der Waals surface area contributed by atoms with Crippen LogP contribution in [-0.2, 0) is 6.42 Å². The maximum absolute atomic E-state index is 13.7. The van der Waals surface area contributed by atoms with Crippen LogP contribution in [-0.4, -0.2) is 35.1 Å². The lowest BCUT2D eigenvalue weighted by Gasteiger charge is -2.36. The number of methoxy groups -OCH3 is 1. The standard InChI is InChI=1S/C25H32N2O4/c1-15-12-13-18(19-14-25(6,7)31-21(15)19)23(29)27(24(3,4)5)26-22(28)17-10-9-11-20(30-8)16(17)2/h9-13H,14H2,1-8H3,(H,26,28). The minimum absolute atomic E-state index is 0.265. The van der Waals surface area contributed by atoms with Gasteiger partial charge in [0.15, 0.2) is 0 Å². The Balaban J connectivity index is 1.98. The Morgan fingerprint density at radius 3 is 2.39 bits per heavy atom. The van der Waals surface area contributed by atoms with E-state index in [4.69, 9.17) is 9.47 Å². The van der Waals surface area contributed by atoms with E-state index >= 15 is 0 Å². The predicted octanol–water partition coefficient (Wildman–Crippen LogP) is 4.61. The van der Waals surface area contributed by atoms with Gasteiger partial charge in [-0.1, -0.05) is 12.1 Å². The van der Waals surface area contributed by atoms with E-state index in [0.717, 1.165) is 22.4 Å². The molecule has 1 N–H and O–H groups in total. The second kappa shape index (κ2) is 7.91. The maximum atomic E-state index is 13.7. The van der Waals surface area contributed by atoms with Crippen molar-refractivity contribution in [3.05, 3.63) is 58.1 Å². The van der Waals surface area contributed by atoms with Gasteiger partial charge in [-0.3, -0.25) is 15.0 Å². The molecule has 31 heavy (non-hydrogen) atoms. The van der Waals surface area contributed by atoms with Crippen molar-refractivity contribution in [1.29, 1.82) is 0 Å². The van der Waals surface area contributed by atoms with Crippen LogP contribution < -0.4 is 14.9 Å². The Bertz CT molecular complexity index is 1030. The quantitative estimate of drug-likeness (QED) is 0.731. The molecule has 1 heterocycles. The lowest BCUT2D eigenvalue weighted by molar-refractivity contribution is 0.0357. The zero-order valence-electron chi connectivity index (χ0n) is 19.7. The van der Waals surface area contributed by atoms with Crippen LogP contribution in [0.5, 0.6) is 11.5 Å². The third-order valence-corrected chi connectivity index (χ3v) is 5.50. The van der Waals surface area contributed by atoms with Crippen molar-refractivity contribution in [2.24, 2.45) is 0 Å². The van der Waals surface area contributed by atoms with Crippen LogP contribution in [0.15, 0.2) is 30.3 Å². The number of ether oxygens (including phenoxy) is 2. The molecule has 2 aromatic rings. The zero-order valence-corrected chi connectivity index (χ0v) is 19.7. The van der Waals surface area contributed by atoms with Gasteiger partial charge in [-0.25, -0.2) is 5.01 Å². The molecule has 1 aliphatic rings. The van der Waals surface area contributed by atoms with Gasteiger partial charge in [0.2, 0.25) is 0 Å². The van der Waals surface area contributed by atoms with Gasteiger partial charge in [-0.2, -0.15) is 0 Å². The van der Waals surface area contributed by atoms with E-state index in [1.54, 1.807) is 25.3 Å². The summed E-state index contributed by atoms with van der Waals surface area (Å²) in [5.74, 6) is 0.760. The second-order valence-electron chi connectivity index (χ2n) is 9.66. The number of rotatable bonds is 3. The molecule has 0 radical (unpaired) electrons. The molecule has 0 bridgehead atoms. The Morgan fingerprint density at radius 2 is 1.77 bits per heavy atom. The van der Waals surface area contributed by atoms with E-state index in [0.29, 0.717) is 23.3 Å². The Labute approximate surface area is 184 Å². The first-order valence-electron chi connectivity index (χ1n) is 10.5. The van der Waals surface area contributed by atoms with Gasteiger partial charge in [-0.15, -0.1) is 0 Å². The number of amides is 2. The lowest BCUT2D eigenvalue weighted by Crippen LogP contribution is -2.56. The van der Waals surface area contributed by atoms with Gasteiger partial charge in [0.25, 0.3) is 11.8 Å². The Kier molecular flexibility index (Phi) is 5.78. The van der Waals surface area contributed by atoms with Crippen molar-refractivity contribution in [2.45, 2.75) is 66.0 Å². The molecule has 2 amide bonds. The minimum atomic E-state index is -0.647. The zero-order chi connectivity index (χ0) is 23.1. The highest BCUT2D eigenvalue weighted by Gasteiger charge is 2.37. The van der Waals surface area contributed by atoms with Crippen molar-refractivity contribution in [1.82, 2.24) is 10.4 Å². The molecule has 6 heteroatoms. The average Bonchev–Trinajstić information content (AvgIpc) is 3.01. The molecule has 0 spiro atoms. The molecule has 2 aromatic carbocycles. The van der Waals surface area contributed by atoms with E-state index in [2.05, 4.69) is 5.43 Å². The van der Waals surface area contributed by atoms with E-state index in [1.165, 1.54) is 5.01 Å². The molecule has 0 unspecified atom stereocenters. The van der Waals surface area contributed by atoms with Crippen molar-refractivity contribution < 1.29 is 19.1 Å². The molecule has 1 aliphatic heterocycles. The number of hydrazine groups is 1. The number of nitrogens with one attached hydrogen (secondary N) is 1.